The Hall–Kier alpha value is -1.89. The first-order chi connectivity index (χ1) is 26.7. The van der Waals surface area contributed by atoms with Crippen molar-refractivity contribution in [2.75, 3.05) is 59.1 Å². The first-order valence-corrected chi connectivity index (χ1v) is 23.1. The second-order valence-electron chi connectivity index (χ2n) is 15.5. The lowest BCUT2D eigenvalue weighted by Crippen LogP contribution is -2.42. The molecular weight excluding hydrogens is 669 g/mol. The Kier molecular flexibility index (Phi) is 37.8. The Morgan fingerprint density at radius 3 is 1.50 bits per heavy atom. The molecule has 0 aliphatic carbocycles. The van der Waals surface area contributed by atoms with E-state index >= 15 is 0 Å². The number of unbranched alkanes of at least 4 members (excludes halogenated alkanes) is 18. The third-order valence-electron chi connectivity index (χ3n) is 10.6. The molecule has 1 aliphatic rings. The molecule has 1 saturated heterocycles. The summed E-state index contributed by atoms with van der Waals surface area (Å²) in [7, 11) is 0. The number of rotatable bonds is 38. The number of carbonyl (C=O) groups is 1. The van der Waals surface area contributed by atoms with Gasteiger partial charge in [0.05, 0.1) is 13.2 Å². The van der Waals surface area contributed by atoms with E-state index in [9.17, 15) is 4.79 Å². The molecule has 0 aromatic carbocycles. The van der Waals surface area contributed by atoms with Crippen LogP contribution in [0.4, 0.5) is 4.79 Å². The third-order valence-corrected chi connectivity index (χ3v) is 10.6. The lowest BCUT2D eigenvalue weighted by Gasteiger charge is -2.29. The highest BCUT2D eigenvalue weighted by Gasteiger charge is 2.17. The van der Waals surface area contributed by atoms with E-state index in [4.69, 9.17) is 14.2 Å². The molecule has 0 atom stereocenters. The van der Waals surface area contributed by atoms with Gasteiger partial charge in [-0.25, -0.2) is 4.79 Å². The SMILES string of the molecule is CCCCC/C=C\C/C=C\CCCCCCCCC(CCCCCCCC/C=C\C/C=C\CCCCC)OC(=O)OCCN(CC)CCN1CCOCC1. The van der Waals surface area contributed by atoms with Crippen LogP contribution in [-0.2, 0) is 14.2 Å². The Balaban J connectivity index is 2.28. The van der Waals surface area contributed by atoms with E-state index in [0.717, 1.165) is 91.0 Å². The van der Waals surface area contributed by atoms with Gasteiger partial charge < -0.3 is 14.2 Å². The van der Waals surface area contributed by atoms with Crippen molar-refractivity contribution in [1.29, 1.82) is 0 Å². The molecule has 0 radical (unpaired) electrons. The lowest BCUT2D eigenvalue weighted by molar-refractivity contribution is 0.00989. The smallest absolute Gasteiger partial charge is 0.433 e. The summed E-state index contributed by atoms with van der Waals surface area (Å²) < 4.78 is 17.0. The van der Waals surface area contributed by atoms with Crippen molar-refractivity contribution in [3.8, 4) is 0 Å². The largest absolute Gasteiger partial charge is 0.508 e. The number of nitrogens with zero attached hydrogens (tertiary/aromatic N) is 2. The van der Waals surface area contributed by atoms with Crippen LogP contribution in [0.25, 0.3) is 0 Å². The van der Waals surface area contributed by atoms with Gasteiger partial charge in [0, 0.05) is 32.7 Å². The molecule has 1 fully saturated rings. The quantitative estimate of drug-likeness (QED) is 0.0355. The zero-order chi connectivity index (χ0) is 38.8. The van der Waals surface area contributed by atoms with Crippen molar-refractivity contribution in [1.82, 2.24) is 9.80 Å². The van der Waals surface area contributed by atoms with Gasteiger partial charge in [-0.05, 0) is 96.4 Å². The fourth-order valence-electron chi connectivity index (χ4n) is 6.95. The van der Waals surface area contributed by atoms with Gasteiger partial charge in [0.15, 0.2) is 0 Å². The molecule has 0 amide bonds. The van der Waals surface area contributed by atoms with Crippen LogP contribution in [-0.4, -0.2) is 81.1 Å². The predicted molar refractivity (Wildman–Crippen MR) is 234 cm³/mol. The normalized spacial score (nSPS) is 14.3. The standard InChI is InChI=1S/C48H88N2O4/c1-4-7-9-11-13-15-17-19-21-23-25-27-29-31-33-35-37-47(38-36-34-32-30-28-26-24-22-20-18-16-14-12-10-8-5-2)54-48(51)53-46-43-49(6-3)39-40-50-41-44-52-45-42-50/h13-16,19-22,47H,4-12,17-18,23-46H2,1-3H3/b15-13-,16-14-,21-19-,22-20-. The van der Waals surface area contributed by atoms with Crippen molar-refractivity contribution < 1.29 is 19.0 Å². The fourth-order valence-corrected chi connectivity index (χ4v) is 6.95. The summed E-state index contributed by atoms with van der Waals surface area (Å²) in [5.74, 6) is 0. The molecular formula is C48H88N2O4. The fraction of sp³-hybridized carbons (Fsp3) is 0.812. The highest BCUT2D eigenvalue weighted by atomic mass is 16.7. The minimum Gasteiger partial charge on any atom is -0.433 e. The molecule has 54 heavy (non-hydrogen) atoms. The van der Waals surface area contributed by atoms with Gasteiger partial charge in [-0.2, -0.15) is 0 Å². The molecule has 6 heteroatoms. The van der Waals surface area contributed by atoms with Crippen molar-refractivity contribution in [2.45, 2.75) is 194 Å². The highest BCUT2D eigenvalue weighted by molar-refractivity contribution is 5.60. The summed E-state index contributed by atoms with van der Waals surface area (Å²) in [5.41, 5.74) is 0. The summed E-state index contributed by atoms with van der Waals surface area (Å²) in [6, 6.07) is 0. The molecule has 0 aromatic heterocycles. The summed E-state index contributed by atoms with van der Waals surface area (Å²) >= 11 is 0. The van der Waals surface area contributed by atoms with E-state index in [1.807, 2.05) is 0 Å². The van der Waals surface area contributed by atoms with Crippen LogP contribution in [0, 0.1) is 0 Å². The van der Waals surface area contributed by atoms with Crippen LogP contribution < -0.4 is 0 Å². The maximum atomic E-state index is 12.8. The second kappa shape index (κ2) is 40.8. The van der Waals surface area contributed by atoms with E-state index in [2.05, 4.69) is 79.2 Å². The van der Waals surface area contributed by atoms with E-state index in [0.29, 0.717) is 6.61 Å². The summed E-state index contributed by atoms with van der Waals surface area (Å²) in [6.45, 7) is 14.5. The van der Waals surface area contributed by atoms with Crippen LogP contribution >= 0.6 is 0 Å². The first kappa shape index (κ1) is 50.1. The molecule has 314 valence electrons. The Labute approximate surface area is 335 Å². The van der Waals surface area contributed by atoms with Gasteiger partial charge in [0.2, 0.25) is 0 Å². The van der Waals surface area contributed by atoms with E-state index in [-0.39, 0.29) is 6.10 Å². The summed E-state index contributed by atoms with van der Waals surface area (Å²) in [4.78, 5) is 17.6. The van der Waals surface area contributed by atoms with E-state index < -0.39 is 6.16 Å². The van der Waals surface area contributed by atoms with Crippen molar-refractivity contribution in [2.24, 2.45) is 0 Å². The predicted octanol–water partition coefficient (Wildman–Crippen LogP) is 13.6. The number of hydrogen-bond acceptors (Lipinski definition) is 6. The van der Waals surface area contributed by atoms with Crippen molar-refractivity contribution in [3.63, 3.8) is 0 Å². The lowest BCUT2D eigenvalue weighted by atomic mass is 10.0. The zero-order valence-corrected chi connectivity index (χ0v) is 36.0. The van der Waals surface area contributed by atoms with Gasteiger partial charge in [0.25, 0.3) is 0 Å². The third kappa shape index (κ3) is 34.6. The van der Waals surface area contributed by atoms with Crippen LogP contribution in [0.3, 0.4) is 0 Å². The number of allylic oxidation sites excluding steroid dienone is 8. The molecule has 0 saturated carbocycles. The first-order valence-electron chi connectivity index (χ1n) is 23.1. The van der Waals surface area contributed by atoms with Crippen LogP contribution in [0.1, 0.15) is 188 Å². The summed E-state index contributed by atoms with van der Waals surface area (Å²) in [6.07, 6.45) is 49.9. The van der Waals surface area contributed by atoms with Crippen LogP contribution in [0.2, 0.25) is 0 Å². The van der Waals surface area contributed by atoms with Gasteiger partial charge in [0.1, 0.15) is 12.7 Å². The Morgan fingerprint density at radius 2 is 1.04 bits per heavy atom. The monoisotopic (exact) mass is 757 g/mol. The second-order valence-corrected chi connectivity index (χ2v) is 15.5. The number of hydrogen-bond donors (Lipinski definition) is 0. The summed E-state index contributed by atoms with van der Waals surface area (Å²) in [5, 5.41) is 0. The Bertz CT molecular complexity index is 862. The maximum Gasteiger partial charge on any atom is 0.508 e. The molecule has 0 spiro atoms. The molecule has 6 nitrogen and oxygen atoms in total. The number of likely N-dealkylation sites (N-methyl/N-ethyl adjacent to an activating group) is 1. The Morgan fingerprint density at radius 1 is 0.593 bits per heavy atom. The van der Waals surface area contributed by atoms with Gasteiger partial charge in [-0.1, -0.05) is 146 Å². The van der Waals surface area contributed by atoms with Crippen LogP contribution in [0.15, 0.2) is 48.6 Å². The molecule has 1 aliphatic heterocycles. The number of carbonyl (C=O) groups excluding carboxylic acids is 1. The van der Waals surface area contributed by atoms with E-state index in [1.54, 1.807) is 0 Å². The minimum absolute atomic E-state index is 0.0299. The molecule has 1 rings (SSSR count). The van der Waals surface area contributed by atoms with E-state index in [1.165, 1.54) is 128 Å². The minimum atomic E-state index is -0.482. The number of ether oxygens (including phenoxy) is 3. The topological polar surface area (TPSA) is 51.2 Å². The van der Waals surface area contributed by atoms with Gasteiger partial charge in [-0.3, -0.25) is 9.80 Å². The maximum absolute atomic E-state index is 12.8. The average Bonchev–Trinajstić information content (AvgIpc) is 3.19. The molecule has 0 unspecified atom stereocenters. The van der Waals surface area contributed by atoms with Gasteiger partial charge in [-0.15, -0.1) is 0 Å². The average molecular weight is 757 g/mol. The van der Waals surface area contributed by atoms with Crippen molar-refractivity contribution >= 4 is 6.16 Å². The molecule has 0 bridgehead atoms. The molecule has 0 aromatic rings. The molecule has 1 heterocycles. The van der Waals surface area contributed by atoms with Crippen LogP contribution in [0.5, 0.6) is 0 Å². The number of morpholine rings is 1. The van der Waals surface area contributed by atoms with Gasteiger partial charge >= 0.3 is 6.16 Å². The zero-order valence-electron chi connectivity index (χ0n) is 36.0. The highest BCUT2D eigenvalue weighted by Crippen LogP contribution is 2.18. The van der Waals surface area contributed by atoms with Crippen molar-refractivity contribution in [3.05, 3.63) is 48.6 Å². The molecule has 0 N–H and O–H groups in total.